The van der Waals surface area contributed by atoms with Crippen LogP contribution in [-0.2, 0) is 9.59 Å². The second-order valence-electron chi connectivity index (χ2n) is 6.64. The van der Waals surface area contributed by atoms with Crippen LogP contribution in [0.5, 0.6) is 0 Å². The summed E-state index contributed by atoms with van der Waals surface area (Å²) in [7, 11) is 0. The van der Waals surface area contributed by atoms with Gasteiger partial charge in [0.25, 0.3) is 0 Å². The Labute approximate surface area is 183 Å². The molecule has 0 aliphatic rings. The Morgan fingerprint density at radius 2 is 1.52 bits per heavy atom. The number of benzene rings is 2. The van der Waals surface area contributed by atoms with Crippen LogP contribution in [0.4, 0.5) is 11.4 Å². The highest BCUT2D eigenvalue weighted by Crippen LogP contribution is 2.24. The van der Waals surface area contributed by atoms with E-state index in [0.717, 1.165) is 5.56 Å². The molecular formula is C22H20N6O2S. The molecule has 2 amide bonds. The van der Waals surface area contributed by atoms with Crippen molar-refractivity contribution in [3.8, 4) is 11.4 Å². The van der Waals surface area contributed by atoms with Gasteiger partial charge >= 0.3 is 0 Å². The Hall–Kier alpha value is -3.85. The molecule has 2 aromatic heterocycles. The lowest BCUT2D eigenvalue weighted by molar-refractivity contribution is -0.114. The van der Waals surface area contributed by atoms with Crippen molar-refractivity contribution in [1.82, 2.24) is 19.5 Å². The molecular weight excluding hydrogens is 412 g/mol. The van der Waals surface area contributed by atoms with Gasteiger partial charge in [-0.05, 0) is 36.4 Å². The summed E-state index contributed by atoms with van der Waals surface area (Å²) in [6, 6.07) is 20.6. The number of hydrogen-bond donors (Lipinski definition) is 2. The van der Waals surface area contributed by atoms with Crippen LogP contribution in [-0.4, -0.2) is 37.1 Å². The number of anilines is 2. The number of nitrogens with zero attached hydrogens (tertiary/aromatic N) is 4. The van der Waals surface area contributed by atoms with Crippen LogP contribution in [0.1, 0.15) is 6.92 Å². The summed E-state index contributed by atoms with van der Waals surface area (Å²) in [5.74, 6) is 0.547. The molecule has 156 valence electrons. The van der Waals surface area contributed by atoms with Crippen molar-refractivity contribution in [2.45, 2.75) is 12.1 Å². The van der Waals surface area contributed by atoms with Crippen LogP contribution in [0.15, 0.2) is 84.3 Å². The maximum Gasteiger partial charge on any atom is 0.234 e. The molecule has 0 radical (unpaired) electrons. The first-order valence-electron chi connectivity index (χ1n) is 9.55. The van der Waals surface area contributed by atoms with Gasteiger partial charge in [0.05, 0.1) is 5.75 Å². The van der Waals surface area contributed by atoms with Crippen molar-refractivity contribution in [1.29, 1.82) is 0 Å². The monoisotopic (exact) mass is 432 g/mol. The van der Waals surface area contributed by atoms with Gasteiger partial charge in [0.2, 0.25) is 17.0 Å². The van der Waals surface area contributed by atoms with Crippen molar-refractivity contribution >= 4 is 35.0 Å². The summed E-state index contributed by atoms with van der Waals surface area (Å²) in [6.45, 7) is 1.45. The zero-order chi connectivity index (χ0) is 21.6. The number of thioether (sulfide) groups is 1. The fourth-order valence-corrected chi connectivity index (χ4v) is 3.69. The third-order valence-corrected chi connectivity index (χ3v) is 5.20. The lowest BCUT2D eigenvalue weighted by Crippen LogP contribution is -2.16. The molecule has 0 aliphatic heterocycles. The van der Waals surface area contributed by atoms with Crippen LogP contribution < -0.4 is 10.6 Å². The third-order valence-electron chi connectivity index (χ3n) is 4.29. The maximum atomic E-state index is 12.5. The van der Waals surface area contributed by atoms with Gasteiger partial charge in [-0.2, -0.15) is 0 Å². The zero-order valence-electron chi connectivity index (χ0n) is 16.7. The van der Waals surface area contributed by atoms with Gasteiger partial charge in [0.1, 0.15) is 0 Å². The second-order valence-corrected chi connectivity index (χ2v) is 7.58. The molecule has 2 N–H and O–H groups in total. The first kappa shape index (κ1) is 20.4. The topological polar surface area (TPSA) is 93.8 Å². The molecule has 0 fully saturated rings. The molecule has 0 saturated carbocycles. The van der Waals surface area contributed by atoms with Crippen molar-refractivity contribution < 1.29 is 9.59 Å². The second kappa shape index (κ2) is 9.31. The van der Waals surface area contributed by atoms with Crippen LogP contribution in [0.3, 0.4) is 0 Å². The summed E-state index contributed by atoms with van der Waals surface area (Å²) >= 11 is 1.30. The Kier molecular flexibility index (Phi) is 6.13. The highest BCUT2D eigenvalue weighted by atomic mass is 32.2. The summed E-state index contributed by atoms with van der Waals surface area (Å²) in [5.41, 5.74) is 2.25. The molecule has 2 aromatic carbocycles. The summed E-state index contributed by atoms with van der Waals surface area (Å²) in [4.78, 5) is 23.6. The molecule has 4 aromatic rings. The SMILES string of the molecule is CC(=O)Nc1ccc(NC(=O)CSc2nnc(-c3ccccc3)n2-n2cccc2)cc1. The normalized spacial score (nSPS) is 10.6. The number of hydrogen-bond acceptors (Lipinski definition) is 5. The minimum absolute atomic E-state index is 0.144. The van der Waals surface area contributed by atoms with Crippen molar-refractivity contribution in [3.63, 3.8) is 0 Å². The van der Waals surface area contributed by atoms with E-state index in [1.165, 1.54) is 18.7 Å². The minimum atomic E-state index is -0.166. The predicted octanol–water partition coefficient (Wildman–Crippen LogP) is 3.75. The van der Waals surface area contributed by atoms with E-state index in [0.29, 0.717) is 22.4 Å². The third kappa shape index (κ3) is 5.01. The van der Waals surface area contributed by atoms with E-state index in [9.17, 15) is 9.59 Å². The van der Waals surface area contributed by atoms with E-state index in [1.54, 1.807) is 24.3 Å². The maximum absolute atomic E-state index is 12.5. The molecule has 31 heavy (non-hydrogen) atoms. The van der Waals surface area contributed by atoms with Crippen molar-refractivity contribution in [3.05, 3.63) is 79.1 Å². The highest BCUT2D eigenvalue weighted by Gasteiger charge is 2.17. The van der Waals surface area contributed by atoms with E-state index in [-0.39, 0.29) is 17.6 Å². The number of aromatic nitrogens is 4. The number of rotatable bonds is 7. The van der Waals surface area contributed by atoms with Crippen LogP contribution in [0, 0.1) is 0 Å². The summed E-state index contributed by atoms with van der Waals surface area (Å²) in [5, 5.41) is 14.8. The average Bonchev–Trinajstić information content (AvgIpc) is 3.43. The van der Waals surface area contributed by atoms with Gasteiger partial charge < -0.3 is 10.6 Å². The summed E-state index contributed by atoms with van der Waals surface area (Å²) in [6.07, 6.45) is 3.80. The fourth-order valence-electron chi connectivity index (χ4n) is 2.96. The highest BCUT2D eigenvalue weighted by molar-refractivity contribution is 7.99. The van der Waals surface area contributed by atoms with E-state index >= 15 is 0 Å². The molecule has 0 bridgehead atoms. The largest absolute Gasteiger partial charge is 0.326 e. The molecule has 0 spiro atoms. The Bertz CT molecular complexity index is 1170. The Balaban J connectivity index is 1.46. The quantitative estimate of drug-likeness (QED) is 0.434. The molecule has 0 aliphatic carbocycles. The van der Waals surface area contributed by atoms with Gasteiger partial charge in [-0.1, -0.05) is 42.1 Å². The number of amides is 2. The molecule has 0 saturated heterocycles. The number of carbonyl (C=O) groups is 2. The fraction of sp³-hybridized carbons (Fsp3) is 0.0909. The Morgan fingerprint density at radius 1 is 0.871 bits per heavy atom. The van der Waals surface area contributed by atoms with Crippen LogP contribution in [0.2, 0.25) is 0 Å². The van der Waals surface area contributed by atoms with E-state index in [2.05, 4.69) is 20.8 Å². The van der Waals surface area contributed by atoms with Crippen molar-refractivity contribution in [2.75, 3.05) is 16.4 Å². The zero-order valence-corrected chi connectivity index (χ0v) is 17.5. The minimum Gasteiger partial charge on any atom is -0.326 e. The molecule has 8 nitrogen and oxygen atoms in total. The lowest BCUT2D eigenvalue weighted by Gasteiger charge is -2.11. The van der Waals surface area contributed by atoms with E-state index in [4.69, 9.17) is 0 Å². The number of nitrogens with one attached hydrogen (secondary N) is 2. The predicted molar refractivity (Wildman–Crippen MR) is 121 cm³/mol. The lowest BCUT2D eigenvalue weighted by atomic mass is 10.2. The standard InChI is InChI=1S/C22H20N6O2S/c1-16(29)23-18-9-11-19(12-10-18)24-20(30)15-31-22-26-25-21(17-7-3-2-4-8-17)28(22)27-13-5-6-14-27/h2-14H,15H2,1H3,(H,23,29)(H,24,30). The summed E-state index contributed by atoms with van der Waals surface area (Å²) < 4.78 is 3.75. The average molecular weight is 433 g/mol. The molecule has 4 rings (SSSR count). The number of carbonyl (C=O) groups excluding carboxylic acids is 2. The van der Waals surface area contributed by atoms with Gasteiger partial charge in [0.15, 0.2) is 5.82 Å². The van der Waals surface area contributed by atoms with Crippen LogP contribution >= 0.6 is 11.8 Å². The van der Waals surface area contributed by atoms with E-state index in [1.807, 2.05) is 64.2 Å². The van der Waals surface area contributed by atoms with Crippen molar-refractivity contribution in [2.24, 2.45) is 0 Å². The molecule has 2 heterocycles. The first-order chi connectivity index (χ1) is 15.1. The van der Waals surface area contributed by atoms with Gasteiger partial charge in [-0.3, -0.25) is 14.3 Å². The van der Waals surface area contributed by atoms with Crippen LogP contribution in [0.25, 0.3) is 11.4 Å². The van der Waals surface area contributed by atoms with Gasteiger partial charge in [0, 0.05) is 36.3 Å². The Morgan fingerprint density at radius 3 is 2.16 bits per heavy atom. The van der Waals surface area contributed by atoms with E-state index < -0.39 is 0 Å². The smallest absolute Gasteiger partial charge is 0.234 e. The van der Waals surface area contributed by atoms with Gasteiger partial charge in [-0.15, -0.1) is 10.2 Å². The van der Waals surface area contributed by atoms with Gasteiger partial charge in [-0.25, -0.2) is 4.68 Å². The molecule has 0 unspecified atom stereocenters. The molecule has 9 heteroatoms. The first-order valence-corrected chi connectivity index (χ1v) is 10.5. The molecule has 0 atom stereocenters.